The molecule has 20 heavy (non-hydrogen) atoms. The van der Waals surface area contributed by atoms with Gasteiger partial charge in [0.05, 0.1) is 15.0 Å². The van der Waals surface area contributed by atoms with E-state index in [9.17, 15) is 0 Å². The van der Waals surface area contributed by atoms with Crippen molar-refractivity contribution in [2.45, 2.75) is 37.3 Å². The number of benzene rings is 1. The van der Waals surface area contributed by atoms with Gasteiger partial charge in [0.1, 0.15) is 11.6 Å². The highest BCUT2D eigenvalue weighted by Gasteiger charge is 2.10. The molecule has 0 bridgehead atoms. The van der Waals surface area contributed by atoms with E-state index in [2.05, 4.69) is 70.7 Å². The molecule has 1 aromatic carbocycles. The van der Waals surface area contributed by atoms with Crippen LogP contribution in [-0.2, 0) is 12.2 Å². The molecule has 0 atom stereocenters. The standard InChI is InChI=1S/C15H18IN3S/c1-3-6-11-14(16)15(17)19-13(18-11)9-20-12-8-5-4-7-10(12)2/h4-5,7-8H,3,6,9H2,1-2H3,(H2,17,18,19). The van der Waals surface area contributed by atoms with Gasteiger partial charge < -0.3 is 5.73 Å². The van der Waals surface area contributed by atoms with E-state index in [0.29, 0.717) is 5.82 Å². The summed E-state index contributed by atoms with van der Waals surface area (Å²) in [6.07, 6.45) is 2.02. The van der Waals surface area contributed by atoms with Crippen LogP contribution in [0.15, 0.2) is 29.2 Å². The van der Waals surface area contributed by atoms with E-state index in [1.807, 2.05) is 0 Å². The van der Waals surface area contributed by atoms with Gasteiger partial charge in [-0.1, -0.05) is 31.5 Å². The Kier molecular flexibility index (Phi) is 5.65. The average Bonchev–Trinajstić information content (AvgIpc) is 2.43. The molecule has 3 nitrogen and oxygen atoms in total. The molecule has 0 radical (unpaired) electrons. The molecule has 0 saturated heterocycles. The number of hydrogen-bond acceptors (Lipinski definition) is 4. The Morgan fingerprint density at radius 2 is 2.00 bits per heavy atom. The van der Waals surface area contributed by atoms with Gasteiger partial charge in [-0.2, -0.15) is 0 Å². The Balaban J connectivity index is 2.16. The second-order valence-electron chi connectivity index (χ2n) is 4.59. The highest BCUT2D eigenvalue weighted by atomic mass is 127. The van der Waals surface area contributed by atoms with Gasteiger partial charge in [-0.05, 0) is 47.6 Å². The van der Waals surface area contributed by atoms with E-state index in [4.69, 9.17) is 5.73 Å². The molecular formula is C15H18IN3S. The second-order valence-corrected chi connectivity index (χ2v) is 6.69. The largest absolute Gasteiger partial charge is 0.383 e. The summed E-state index contributed by atoms with van der Waals surface area (Å²) in [5.74, 6) is 2.17. The Hall–Kier alpha value is -0.820. The van der Waals surface area contributed by atoms with E-state index in [0.717, 1.165) is 33.7 Å². The zero-order valence-corrected chi connectivity index (χ0v) is 14.7. The Labute approximate surface area is 137 Å². The first-order valence-corrected chi connectivity index (χ1v) is 8.67. The lowest BCUT2D eigenvalue weighted by Crippen LogP contribution is -2.06. The molecule has 0 unspecified atom stereocenters. The van der Waals surface area contributed by atoms with Gasteiger partial charge in [-0.25, -0.2) is 9.97 Å². The fraction of sp³-hybridized carbons (Fsp3) is 0.333. The first kappa shape index (κ1) is 15.6. The van der Waals surface area contributed by atoms with Gasteiger partial charge in [0.2, 0.25) is 0 Å². The summed E-state index contributed by atoms with van der Waals surface area (Å²) in [6, 6.07) is 8.36. The van der Waals surface area contributed by atoms with Crippen molar-refractivity contribution >= 4 is 40.2 Å². The molecule has 0 amide bonds. The van der Waals surface area contributed by atoms with Gasteiger partial charge in [0.15, 0.2) is 0 Å². The van der Waals surface area contributed by atoms with Crippen LogP contribution < -0.4 is 5.73 Å². The number of rotatable bonds is 5. The molecule has 0 saturated carbocycles. The Bertz CT molecular complexity index is 602. The first-order valence-electron chi connectivity index (χ1n) is 6.61. The third-order valence-electron chi connectivity index (χ3n) is 2.93. The summed E-state index contributed by atoms with van der Waals surface area (Å²) in [5, 5.41) is 0. The summed E-state index contributed by atoms with van der Waals surface area (Å²) in [4.78, 5) is 10.3. The summed E-state index contributed by atoms with van der Waals surface area (Å²) >= 11 is 3.99. The lowest BCUT2D eigenvalue weighted by atomic mass is 10.2. The van der Waals surface area contributed by atoms with Gasteiger partial charge in [0, 0.05) is 4.90 Å². The van der Waals surface area contributed by atoms with Crippen LogP contribution in [0.1, 0.15) is 30.4 Å². The lowest BCUT2D eigenvalue weighted by molar-refractivity contribution is 0.848. The summed E-state index contributed by atoms with van der Waals surface area (Å²) in [5.41, 5.74) is 8.34. The summed E-state index contributed by atoms with van der Waals surface area (Å²) in [7, 11) is 0. The van der Waals surface area contributed by atoms with Crippen LogP contribution >= 0.6 is 34.4 Å². The molecule has 2 aromatic rings. The Morgan fingerprint density at radius 1 is 1.25 bits per heavy atom. The van der Waals surface area contributed by atoms with Crippen LogP contribution in [0.25, 0.3) is 0 Å². The number of nitrogens with zero attached hydrogens (tertiary/aromatic N) is 2. The molecule has 5 heteroatoms. The molecule has 1 aromatic heterocycles. The predicted octanol–water partition coefficient (Wildman–Crippen LogP) is 4.22. The number of nitrogens with two attached hydrogens (primary N) is 1. The quantitative estimate of drug-likeness (QED) is 0.605. The molecule has 1 heterocycles. The van der Waals surface area contributed by atoms with E-state index >= 15 is 0 Å². The molecule has 0 aliphatic rings. The summed E-state index contributed by atoms with van der Waals surface area (Å²) in [6.45, 7) is 4.27. The van der Waals surface area contributed by atoms with Crippen LogP contribution in [0.3, 0.4) is 0 Å². The highest BCUT2D eigenvalue weighted by Crippen LogP contribution is 2.26. The SMILES string of the molecule is CCCc1nc(CSc2ccccc2C)nc(N)c1I. The van der Waals surface area contributed by atoms with Crippen molar-refractivity contribution in [3.63, 3.8) is 0 Å². The zero-order valence-electron chi connectivity index (χ0n) is 11.7. The smallest absolute Gasteiger partial charge is 0.141 e. The Morgan fingerprint density at radius 3 is 2.70 bits per heavy atom. The van der Waals surface area contributed by atoms with Crippen LogP contribution in [0, 0.1) is 10.5 Å². The van der Waals surface area contributed by atoms with Crippen molar-refractivity contribution in [1.82, 2.24) is 9.97 Å². The van der Waals surface area contributed by atoms with E-state index in [1.54, 1.807) is 11.8 Å². The van der Waals surface area contributed by atoms with E-state index in [-0.39, 0.29) is 0 Å². The number of thioether (sulfide) groups is 1. The van der Waals surface area contributed by atoms with Crippen molar-refractivity contribution in [2.75, 3.05) is 5.73 Å². The maximum atomic E-state index is 5.98. The molecule has 106 valence electrons. The molecular weight excluding hydrogens is 381 g/mol. The first-order chi connectivity index (χ1) is 9.61. The van der Waals surface area contributed by atoms with E-state index in [1.165, 1.54) is 10.5 Å². The van der Waals surface area contributed by atoms with Crippen LogP contribution in [0.4, 0.5) is 5.82 Å². The molecule has 0 aliphatic carbocycles. The number of aromatic nitrogens is 2. The van der Waals surface area contributed by atoms with Crippen molar-refractivity contribution in [3.8, 4) is 0 Å². The predicted molar refractivity (Wildman–Crippen MR) is 93.9 cm³/mol. The van der Waals surface area contributed by atoms with Gasteiger partial charge in [-0.3, -0.25) is 0 Å². The zero-order chi connectivity index (χ0) is 14.5. The average molecular weight is 399 g/mol. The van der Waals surface area contributed by atoms with Crippen molar-refractivity contribution in [3.05, 3.63) is 44.9 Å². The fourth-order valence-electron chi connectivity index (χ4n) is 1.89. The van der Waals surface area contributed by atoms with Crippen molar-refractivity contribution in [1.29, 1.82) is 0 Å². The minimum atomic E-state index is 0.601. The van der Waals surface area contributed by atoms with Crippen LogP contribution in [0.2, 0.25) is 0 Å². The monoisotopic (exact) mass is 399 g/mol. The molecule has 2 N–H and O–H groups in total. The number of hydrogen-bond donors (Lipinski definition) is 1. The molecule has 2 rings (SSSR count). The van der Waals surface area contributed by atoms with Crippen molar-refractivity contribution in [2.24, 2.45) is 0 Å². The number of halogens is 1. The number of nitrogen functional groups attached to an aromatic ring is 1. The maximum Gasteiger partial charge on any atom is 0.141 e. The van der Waals surface area contributed by atoms with E-state index < -0.39 is 0 Å². The number of aryl methyl sites for hydroxylation is 2. The summed E-state index contributed by atoms with van der Waals surface area (Å²) < 4.78 is 0.995. The second kappa shape index (κ2) is 7.26. The van der Waals surface area contributed by atoms with Gasteiger partial charge >= 0.3 is 0 Å². The maximum absolute atomic E-state index is 5.98. The van der Waals surface area contributed by atoms with Gasteiger partial charge in [-0.15, -0.1) is 11.8 Å². The molecule has 0 spiro atoms. The normalized spacial score (nSPS) is 10.8. The van der Waals surface area contributed by atoms with Gasteiger partial charge in [0.25, 0.3) is 0 Å². The molecule has 0 fully saturated rings. The van der Waals surface area contributed by atoms with Crippen LogP contribution in [-0.4, -0.2) is 9.97 Å². The fourth-order valence-corrected chi connectivity index (χ4v) is 3.29. The third kappa shape index (κ3) is 3.85. The minimum absolute atomic E-state index is 0.601. The van der Waals surface area contributed by atoms with Crippen molar-refractivity contribution < 1.29 is 0 Å². The van der Waals surface area contributed by atoms with Crippen LogP contribution in [0.5, 0.6) is 0 Å². The lowest BCUT2D eigenvalue weighted by Gasteiger charge is -2.09. The molecule has 0 aliphatic heterocycles. The topological polar surface area (TPSA) is 51.8 Å². The highest BCUT2D eigenvalue weighted by molar-refractivity contribution is 14.1. The number of anilines is 1. The third-order valence-corrected chi connectivity index (χ3v) is 5.28. The minimum Gasteiger partial charge on any atom is -0.383 e.